The summed E-state index contributed by atoms with van der Waals surface area (Å²) in [5.41, 5.74) is -0.759. The molecule has 9 nitrogen and oxygen atoms in total. The van der Waals surface area contributed by atoms with Gasteiger partial charge in [-0.2, -0.15) is 36.2 Å². The third-order valence-electron chi connectivity index (χ3n) is 4.50. The fourth-order valence-corrected chi connectivity index (χ4v) is 3.45. The fraction of sp³-hybridized carbons (Fsp3) is 0.316. The van der Waals surface area contributed by atoms with Crippen LogP contribution in [0.2, 0.25) is 0 Å². The SMILES string of the molecule is CO[NH2+]c1ccc(SC(=N)N(N)CCO)c(C(=O)Nc2ncc(C(F)(F)C(F)(F)C(F)(F)F)cc2F)c1. The molecule has 7 N–H and O–H groups in total. The van der Waals surface area contributed by atoms with Gasteiger partial charge in [-0.05, 0) is 12.1 Å². The molecular formula is C19H19F8N6O3S+. The van der Waals surface area contributed by atoms with Crippen LogP contribution in [0.1, 0.15) is 15.9 Å². The van der Waals surface area contributed by atoms with Gasteiger partial charge < -0.3 is 10.4 Å². The van der Waals surface area contributed by atoms with Gasteiger partial charge in [0.15, 0.2) is 22.5 Å². The molecule has 0 bridgehead atoms. The number of amides is 1. The van der Waals surface area contributed by atoms with Crippen LogP contribution in [0, 0.1) is 11.2 Å². The zero-order chi connectivity index (χ0) is 28.2. The second-order valence-electron chi connectivity index (χ2n) is 7.09. The maximum atomic E-state index is 14.4. The van der Waals surface area contributed by atoms with E-state index in [0.717, 1.165) is 5.01 Å². The predicted molar refractivity (Wildman–Crippen MR) is 114 cm³/mol. The predicted octanol–water partition coefficient (Wildman–Crippen LogP) is 2.71. The summed E-state index contributed by atoms with van der Waals surface area (Å²) >= 11 is 0.653. The number of halogens is 8. The summed E-state index contributed by atoms with van der Waals surface area (Å²) in [5, 5.41) is 19.3. The average molecular weight is 563 g/mol. The van der Waals surface area contributed by atoms with Crippen LogP contribution < -0.4 is 16.6 Å². The molecular weight excluding hydrogens is 544 g/mol. The molecule has 0 saturated carbocycles. The van der Waals surface area contributed by atoms with E-state index >= 15 is 0 Å². The van der Waals surface area contributed by atoms with E-state index in [-0.39, 0.29) is 41.0 Å². The largest absolute Gasteiger partial charge is 0.460 e. The lowest BCUT2D eigenvalue weighted by molar-refractivity contribution is -0.830. The molecule has 0 aliphatic heterocycles. The summed E-state index contributed by atoms with van der Waals surface area (Å²) in [7, 11) is 1.30. The van der Waals surface area contributed by atoms with Crippen molar-refractivity contribution in [2.24, 2.45) is 5.84 Å². The maximum Gasteiger partial charge on any atom is 0.460 e. The first-order valence-electron chi connectivity index (χ1n) is 9.76. The van der Waals surface area contributed by atoms with Crippen molar-refractivity contribution < 1.29 is 55.3 Å². The van der Waals surface area contributed by atoms with Crippen molar-refractivity contribution in [1.29, 1.82) is 5.41 Å². The molecule has 1 aromatic carbocycles. The van der Waals surface area contributed by atoms with Crippen molar-refractivity contribution >= 4 is 34.3 Å². The van der Waals surface area contributed by atoms with Gasteiger partial charge in [-0.1, -0.05) is 11.8 Å². The molecule has 0 aliphatic carbocycles. The number of hydrogen-bond acceptors (Lipinski definition) is 7. The third kappa shape index (κ3) is 6.63. The number of aliphatic hydroxyl groups is 1. The first-order valence-corrected chi connectivity index (χ1v) is 10.6. The monoisotopic (exact) mass is 563 g/mol. The summed E-state index contributed by atoms with van der Waals surface area (Å²) in [6, 6.07) is 3.76. The highest BCUT2D eigenvalue weighted by molar-refractivity contribution is 8.13. The summed E-state index contributed by atoms with van der Waals surface area (Å²) < 4.78 is 106. The van der Waals surface area contributed by atoms with Crippen molar-refractivity contribution in [1.82, 2.24) is 9.99 Å². The number of thioether (sulfide) groups is 1. The van der Waals surface area contributed by atoms with Crippen LogP contribution in [0.25, 0.3) is 0 Å². The third-order valence-corrected chi connectivity index (χ3v) is 5.50. The van der Waals surface area contributed by atoms with E-state index in [1.54, 1.807) is 0 Å². The minimum Gasteiger partial charge on any atom is -0.394 e. The molecule has 2 aromatic rings. The van der Waals surface area contributed by atoms with E-state index < -0.39 is 41.1 Å². The highest BCUT2D eigenvalue weighted by Gasteiger charge is 2.73. The molecule has 1 amide bonds. The van der Waals surface area contributed by atoms with Crippen molar-refractivity contribution in [2.45, 2.75) is 22.9 Å². The van der Waals surface area contributed by atoms with Gasteiger partial charge in [-0.25, -0.2) is 20.1 Å². The molecule has 0 spiro atoms. The number of benzene rings is 1. The molecule has 0 saturated heterocycles. The molecule has 1 heterocycles. The second-order valence-corrected chi connectivity index (χ2v) is 8.12. The second kappa shape index (κ2) is 11.5. The zero-order valence-electron chi connectivity index (χ0n) is 18.5. The van der Waals surface area contributed by atoms with Gasteiger partial charge in [0.1, 0.15) is 0 Å². The molecule has 1 aromatic heterocycles. The maximum absolute atomic E-state index is 14.4. The number of nitrogens with zero attached hydrogens (tertiary/aromatic N) is 2. The summed E-state index contributed by atoms with van der Waals surface area (Å²) in [6.07, 6.45) is -6.76. The Bertz CT molecular complexity index is 1150. The number of aromatic nitrogens is 1. The van der Waals surface area contributed by atoms with Crippen LogP contribution in [0.5, 0.6) is 0 Å². The number of anilines is 1. The van der Waals surface area contributed by atoms with Crippen molar-refractivity contribution in [2.75, 3.05) is 25.6 Å². The van der Waals surface area contributed by atoms with Gasteiger partial charge in [-0.3, -0.25) is 15.2 Å². The zero-order valence-corrected chi connectivity index (χ0v) is 19.4. The number of rotatable bonds is 9. The van der Waals surface area contributed by atoms with E-state index in [1.807, 2.05) is 5.32 Å². The minimum absolute atomic E-state index is 0.0810. The Labute approximate surface area is 207 Å². The van der Waals surface area contributed by atoms with Crippen molar-refractivity contribution in [3.63, 3.8) is 0 Å². The lowest BCUT2D eigenvalue weighted by Gasteiger charge is -2.28. The van der Waals surface area contributed by atoms with Crippen molar-refractivity contribution in [3.8, 4) is 0 Å². The quantitative estimate of drug-likeness (QED) is 0.0601. The Morgan fingerprint density at radius 1 is 1.24 bits per heavy atom. The molecule has 0 atom stereocenters. The van der Waals surface area contributed by atoms with Crippen LogP contribution in [-0.2, 0) is 10.8 Å². The highest BCUT2D eigenvalue weighted by Crippen LogP contribution is 2.51. The molecule has 0 aliphatic rings. The van der Waals surface area contributed by atoms with Gasteiger partial charge in [0.25, 0.3) is 5.91 Å². The molecule has 0 fully saturated rings. The van der Waals surface area contributed by atoms with Crippen LogP contribution in [0.15, 0.2) is 35.4 Å². The first kappa shape index (κ1) is 30.2. The lowest BCUT2D eigenvalue weighted by atomic mass is 10.0. The fourth-order valence-electron chi connectivity index (χ4n) is 2.63. The van der Waals surface area contributed by atoms with Gasteiger partial charge in [0, 0.05) is 28.8 Å². The van der Waals surface area contributed by atoms with Crippen LogP contribution in [0.4, 0.5) is 46.6 Å². The number of aliphatic hydroxyl groups excluding tert-OH is 1. The number of amidine groups is 1. The summed E-state index contributed by atoms with van der Waals surface area (Å²) in [6.45, 7) is -0.508. The van der Waals surface area contributed by atoms with E-state index in [2.05, 4.69) is 4.98 Å². The number of pyridine rings is 1. The number of nitrogens with one attached hydrogen (secondary N) is 2. The van der Waals surface area contributed by atoms with E-state index in [1.165, 1.54) is 30.8 Å². The van der Waals surface area contributed by atoms with Gasteiger partial charge >= 0.3 is 18.0 Å². The van der Waals surface area contributed by atoms with Gasteiger partial charge in [-0.15, -0.1) is 0 Å². The minimum atomic E-state index is -6.64. The Balaban J connectivity index is 2.38. The molecule has 2 rings (SSSR count). The van der Waals surface area contributed by atoms with E-state index in [0.29, 0.717) is 17.4 Å². The number of hydrazine groups is 1. The summed E-state index contributed by atoms with van der Waals surface area (Å²) in [5.74, 6) is -10.8. The molecule has 0 radical (unpaired) electrons. The first-order chi connectivity index (χ1) is 17.1. The molecule has 204 valence electrons. The number of quaternary nitrogens is 1. The molecule has 0 unspecified atom stereocenters. The Morgan fingerprint density at radius 3 is 2.43 bits per heavy atom. The van der Waals surface area contributed by atoms with Crippen molar-refractivity contribution in [3.05, 3.63) is 47.4 Å². The number of alkyl halides is 7. The number of hydrogen-bond donors (Lipinski definition) is 5. The Kier molecular flexibility index (Phi) is 9.42. The van der Waals surface area contributed by atoms with Crippen LogP contribution in [0.3, 0.4) is 0 Å². The molecule has 37 heavy (non-hydrogen) atoms. The number of nitrogens with two attached hydrogens (primary N) is 2. The average Bonchev–Trinajstić information content (AvgIpc) is 2.80. The Hall–Kier alpha value is -3.06. The Morgan fingerprint density at radius 2 is 1.89 bits per heavy atom. The van der Waals surface area contributed by atoms with E-state index in [9.17, 15) is 39.9 Å². The molecule has 18 heteroatoms. The van der Waals surface area contributed by atoms with Gasteiger partial charge in [0.2, 0.25) is 0 Å². The number of carbonyl (C=O) groups is 1. The normalized spacial score (nSPS) is 12.4. The number of carbonyl (C=O) groups excluding carboxylic acids is 1. The topological polar surface area (TPSA) is 141 Å². The van der Waals surface area contributed by atoms with E-state index in [4.69, 9.17) is 21.2 Å². The van der Waals surface area contributed by atoms with Crippen LogP contribution in [-0.4, -0.2) is 58.5 Å². The standard InChI is InChI=1S/C19H18F8N6O3S/c1-36-32-10-2-3-13(37-16(28)33(29)4-5-34)11(7-10)15(35)31-14-12(20)6-9(8-30-14)17(21,22)18(23,24)19(25,26)27/h2-3,6-8,28,32,34H,4-5,29H2,1H3,(H,30,31,35)/p+1. The lowest BCUT2D eigenvalue weighted by Crippen LogP contribution is -2.76. The highest BCUT2D eigenvalue weighted by atomic mass is 32.2. The van der Waals surface area contributed by atoms with Crippen LogP contribution >= 0.6 is 11.8 Å². The summed E-state index contributed by atoms with van der Waals surface area (Å²) in [4.78, 5) is 20.8. The van der Waals surface area contributed by atoms with Gasteiger partial charge in [0.05, 0.1) is 25.8 Å². The smallest absolute Gasteiger partial charge is 0.394 e.